The van der Waals surface area contributed by atoms with Crippen LogP contribution in [-0.2, 0) is 0 Å². The molecule has 118 valence electrons. The molecule has 3 aromatic rings. The molecule has 0 amide bonds. The van der Waals surface area contributed by atoms with Crippen molar-refractivity contribution in [2.45, 2.75) is 0 Å². The Morgan fingerprint density at radius 2 is 2.04 bits per heavy atom. The SMILES string of the molecule is O=[N+]([O-])c1cc2c(cc1C=Nc1cccc3cnccc13)OCO2. The van der Waals surface area contributed by atoms with Crippen LogP contribution in [-0.4, -0.2) is 22.9 Å². The number of fused-ring (bicyclic) bond motifs is 2. The number of nitro benzene ring substituents is 1. The zero-order valence-electron chi connectivity index (χ0n) is 12.4. The summed E-state index contributed by atoms with van der Waals surface area (Å²) in [5, 5.41) is 13.2. The van der Waals surface area contributed by atoms with Crippen LogP contribution in [0.15, 0.2) is 53.8 Å². The monoisotopic (exact) mass is 321 g/mol. The molecule has 0 N–H and O–H groups in total. The lowest BCUT2D eigenvalue weighted by Crippen LogP contribution is -1.94. The van der Waals surface area contributed by atoms with E-state index in [4.69, 9.17) is 9.47 Å². The summed E-state index contributed by atoms with van der Waals surface area (Å²) >= 11 is 0. The third kappa shape index (κ3) is 2.41. The number of rotatable bonds is 3. The number of pyridine rings is 1. The molecule has 0 radical (unpaired) electrons. The van der Waals surface area contributed by atoms with E-state index in [1.54, 1.807) is 18.5 Å². The summed E-state index contributed by atoms with van der Waals surface area (Å²) in [7, 11) is 0. The molecule has 0 saturated carbocycles. The van der Waals surface area contributed by atoms with Gasteiger partial charge >= 0.3 is 0 Å². The first kappa shape index (κ1) is 14.1. The highest BCUT2D eigenvalue weighted by atomic mass is 16.7. The quantitative estimate of drug-likeness (QED) is 0.418. The number of hydrogen-bond donors (Lipinski definition) is 0. The van der Waals surface area contributed by atoms with Gasteiger partial charge in [0, 0.05) is 29.4 Å². The zero-order chi connectivity index (χ0) is 16.5. The Kier molecular flexibility index (Phi) is 3.31. The highest BCUT2D eigenvalue weighted by molar-refractivity contribution is 5.96. The zero-order valence-corrected chi connectivity index (χ0v) is 12.4. The molecule has 2 aromatic carbocycles. The normalized spacial score (nSPS) is 12.8. The van der Waals surface area contributed by atoms with Crippen molar-refractivity contribution in [3.8, 4) is 11.5 Å². The lowest BCUT2D eigenvalue weighted by molar-refractivity contribution is -0.385. The highest BCUT2D eigenvalue weighted by Gasteiger charge is 2.22. The Bertz CT molecular complexity index is 979. The Labute approximate surface area is 136 Å². The average molecular weight is 321 g/mol. The Hall–Kier alpha value is -3.48. The molecule has 24 heavy (non-hydrogen) atoms. The van der Waals surface area contributed by atoms with Crippen LogP contribution in [0.1, 0.15) is 5.56 Å². The largest absolute Gasteiger partial charge is 0.454 e. The van der Waals surface area contributed by atoms with Crippen molar-refractivity contribution in [2.24, 2.45) is 4.99 Å². The van der Waals surface area contributed by atoms with E-state index in [0.29, 0.717) is 22.7 Å². The van der Waals surface area contributed by atoms with E-state index in [2.05, 4.69) is 9.98 Å². The minimum absolute atomic E-state index is 0.0589. The van der Waals surface area contributed by atoms with Crippen LogP contribution in [0.2, 0.25) is 0 Å². The maximum atomic E-state index is 11.3. The fourth-order valence-electron chi connectivity index (χ4n) is 2.57. The summed E-state index contributed by atoms with van der Waals surface area (Å²) in [6.45, 7) is 0.0589. The number of benzene rings is 2. The second kappa shape index (κ2) is 5.62. The van der Waals surface area contributed by atoms with Crippen LogP contribution in [0.5, 0.6) is 11.5 Å². The molecule has 1 aliphatic heterocycles. The van der Waals surface area contributed by atoms with Crippen LogP contribution in [0.25, 0.3) is 10.8 Å². The van der Waals surface area contributed by atoms with Crippen LogP contribution >= 0.6 is 0 Å². The third-order valence-electron chi connectivity index (χ3n) is 3.72. The predicted octanol–water partition coefficient (Wildman–Crippen LogP) is 3.62. The van der Waals surface area contributed by atoms with Crippen LogP contribution < -0.4 is 9.47 Å². The smallest absolute Gasteiger partial charge is 0.282 e. The van der Waals surface area contributed by atoms with Gasteiger partial charge in [-0.25, -0.2) is 0 Å². The van der Waals surface area contributed by atoms with Crippen molar-refractivity contribution >= 4 is 28.4 Å². The summed E-state index contributed by atoms with van der Waals surface area (Å²) in [5.41, 5.74) is 0.988. The Morgan fingerprint density at radius 1 is 1.21 bits per heavy atom. The molecule has 0 atom stereocenters. The van der Waals surface area contributed by atoms with Gasteiger partial charge in [-0.15, -0.1) is 0 Å². The van der Waals surface area contributed by atoms with Gasteiger partial charge in [0.1, 0.15) is 0 Å². The van der Waals surface area contributed by atoms with Gasteiger partial charge in [0.25, 0.3) is 5.69 Å². The van der Waals surface area contributed by atoms with Crippen molar-refractivity contribution in [3.05, 3.63) is 64.5 Å². The number of nitrogens with zero attached hydrogens (tertiary/aromatic N) is 3. The lowest BCUT2D eigenvalue weighted by Gasteiger charge is -2.02. The molecule has 7 nitrogen and oxygen atoms in total. The fraction of sp³-hybridized carbons (Fsp3) is 0.0588. The van der Waals surface area contributed by atoms with Crippen LogP contribution in [0, 0.1) is 10.1 Å². The number of aromatic nitrogens is 1. The third-order valence-corrected chi connectivity index (χ3v) is 3.72. The van der Waals surface area contributed by atoms with E-state index >= 15 is 0 Å². The van der Waals surface area contributed by atoms with Gasteiger partial charge < -0.3 is 9.47 Å². The van der Waals surface area contributed by atoms with E-state index in [1.165, 1.54) is 12.3 Å². The number of aliphatic imine (C=N–C) groups is 1. The molecule has 0 saturated heterocycles. The molecule has 7 heteroatoms. The molecule has 0 unspecified atom stereocenters. The maximum absolute atomic E-state index is 11.3. The second-order valence-corrected chi connectivity index (χ2v) is 5.15. The van der Waals surface area contributed by atoms with Gasteiger partial charge in [0.05, 0.1) is 22.2 Å². The number of ether oxygens (including phenoxy) is 2. The van der Waals surface area contributed by atoms with Crippen molar-refractivity contribution in [2.75, 3.05) is 6.79 Å². The van der Waals surface area contributed by atoms with E-state index in [1.807, 2.05) is 24.3 Å². The van der Waals surface area contributed by atoms with E-state index in [0.717, 1.165) is 10.8 Å². The molecule has 1 aromatic heterocycles. The van der Waals surface area contributed by atoms with E-state index < -0.39 is 4.92 Å². The molecule has 1 aliphatic rings. The molecule has 4 rings (SSSR count). The maximum Gasteiger partial charge on any atom is 0.282 e. The summed E-state index contributed by atoms with van der Waals surface area (Å²) in [6, 6.07) is 10.4. The van der Waals surface area contributed by atoms with Gasteiger partial charge in [0.15, 0.2) is 11.5 Å². The molecular weight excluding hydrogens is 310 g/mol. The predicted molar refractivity (Wildman–Crippen MR) is 88.2 cm³/mol. The average Bonchev–Trinajstić information content (AvgIpc) is 3.06. The topological polar surface area (TPSA) is 86.9 Å². The Balaban J connectivity index is 1.79. The molecule has 0 spiro atoms. The second-order valence-electron chi connectivity index (χ2n) is 5.15. The van der Waals surface area contributed by atoms with E-state index in [-0.39, 0.29) is 12.5 Å². The van der Waals surface area contributed by atoms with Gasteiger partial charge in [0.2, 0.25) is 6.79 Å². The van der Waals surface area contributed by atoms with Crippen LogP contribution in [0.4, 0.5) is 11.4 Å². The first-order valence-electron chi connectivity index (χ1n) is 7.17. The lowest BCUT2D eigenvalue weighted by atomic mass is 10.1. The molecule has 2 heterocycles. The van der Waals surface area contributed by atoms with Crippen molar-refractivity contribution in [3.63, 3.8) is 0 Å². The summed E-state index contributed by atoms with van der Waals surface area (Å²) in [4.78, 5) is 19.3. The van der Waals surface area contributed by atoms with Crippen LogP contribution in [0.3, 0.4) is 0 Å². The van der Waals surface area contributed by atoms with Crippen molar-refractivity contribution < 1.29 is 14.4 Å². The summed E-state index contributed by atoms with van der Waals surface area (Å²) in [5.74, 6) is 0.847. The van der Waals surface area contributed by atoms with Gasteiger partial charge in [-0.05, 0) is 18.2 Å². The standard InChI is InChI=1S/C17H11N3O4/c21-20(22)15-7-17-16(23-10-24-17)6-12(15)9-19-14-3-1-2-11-8-18-5-4-13(11)14/h1-9H,10H2. The van der Waals surface area contributed by atoms with Gasteiger partial charge in [-0.1, -0.05) is 12.1 Å². The Morgan fingerprint density at radius 3 is 2.88 bits per heavy atom. The minimum atomic E-state index is -0.462. The van der Waals surface area contributed by atoms with Crippen molar-refractivity contribution in [1.82, 2.24) is 4.98 Å². The van der Waals surface area contributed by atoms with Gasteiger partial charge in [-0.2, -0.15) is 0 Å². The molecule has 0 aliphatic carbocycles. The molecular formula is C17H11N3O4. The number of hydrogen-bond acceptors (Lipinski definition) is 6. The fourth-order valence-corrected chi connectivity index (χ4v) is 2.57. The molecule has 0 fully saturated rings. The van der Waals surface area contributed by atoms with Crippen molar-refractivity contribution in [1.29, 1.82) is 0 Å². The minimum Gasteiger partial charge on any atom is -0.454 e. The first-order chi connectivity index (χ1) is 11.7. The van der Waals surface area contributed by atoms with Gasteiger partial charge in [-0.3, -0.25) is 20.1 Å². The first-order valence-corrected chi connectivity index (χ1v) is 7.17. The highest BCUT2D eigenvalue weighted by Crippen LogP contribution is 2.37. The summed E-state index contributed by atoms with van der Waals surface area (Å²) in [6.07, 6.45) is 4.90. The summed E-state index contributed by atoms with van der Waals surface area (Å²) < 4.78 is 10.5. The molecule has 0 bridgehead atoms. The van der Waals surface area contributed by atoms with E-state index in [9.17, 15) is 10.1 Å². The number of nitro groups is 1.